The van der Waals surface area contributed by atoms with Gasteiger partial charge in [-0.1, -0.05) is 24.3 Å². The average Bonchev–Trinajstić information content (AvgIpc) is 3.24. The molecule has 0 aliphatic heterocycles. The van der Waals surface area contributed by atoms with E-state index in [4.69, 9.17) is 9.15 Å². The first kappa shape index (κ1) is 21.8. The van der Waals surface area contributed by atoms with Gasteiger partial charge in [-0.15, -0.1) is 0 Å². The Hall–Kier alpha value is -4.46. The molecule has 2 N–H and O–H groups in total. The molecule has 0 radical (unpaired) electrons. The summed E-state index contributed by atoms with van der Waals surface area (Å²) in [6.45, 7) is 2.90. The van der Waals surface area contributed by atoms with Crippen LogP contribution in [0.2, 0.25) is 0 Å². The summed E-state index contributed by atoms with van der Waals surface area (Å²) in [4.78, 5) is 40.9. The van der Waals surface area contributed by atoms with Gasteiger partial charge in [0.1, 0.15) is 5.52 Å². The van der Waals surface area contributed by atoms with Gasteiger partial charge in [0.05, 0.1) is 11.1 Å². The fourth-order valence-corrected chi connectivity index (χ4v) is 3.20. The number of nitrogens with one attached hydrogen (secondary N) is 2. The van der Waals surface area contributed by atoms with Gasteiger partial charge in [0.25, 0.3) is 5.91 Å². The molecule has 166 valence electrons. The van der Waals surface area contributed by atoms with Crippen LogP contribution in [0.3, 0.4) is 0 Å². The summed E-state index contributed by atoms with van der Waals surface area (Å²) in [6.07, 6.45) is -1.05. The minimum absolute atomic E-state index is 0.189. The van der Waals surface area contributed by atoms with E-state index in [9.17, 15) is 14.4 Å². The third-order valence-electron chi connectivity index (χ3n) is 4.80. The quantitative estimate of drug-likeness (QED) is 0.420. The fourth-order valence-electron chi connectivity index (χ4n) is 3.20. The molecule has 0 aliphatic rings. The number of hydrogen-bond donors (Lipinski definition) is 2. The van der Waals surface area contributed by atoms with Crippen molar-refractivity contribution in [3.63, 3.8) is 0 Å². The van der Waals surface area contributed by atoms with E-state index < -0.39 is 18.0 Å². The van der Waals surface area contributed by atoms with E-state index in [-0.39, 0.29) is 11.5 Å². The number of carbonyl (C=O) groups excluding carboxylic acids is 3. The first-order valence-electron chi connectivity index (χ1n) is 10.2. The summed E-state index contributed by atoms with van der Waals surface area (Å²) in [5.74, 6) is -1.06. The fraction of sp³-hybridized carbons (Fsp3) is 0.120. The molecule has 0 fully saturated rings. The lowest BCUT2D eigenvalue weighted by Gasteiger charge is -2.15. The second-order valence-electron chi connectivity index (χ2n) is 7.33. The van der Waals surface area contributed by atoms with Gasteiger partial charge in [0.15, 0.2) is 11.7 Å². The van der Waals surface area contributed by atoms with Crippen LogP contribution in [-0.4, -0.2) is 28.9 Å². The number of hydrogen-bond acceptors (Lipinski definition) is 6. The average molecular weight is 443 g/mol. The zero-order chi connectivity index (χ0) is 23.4. The van der Waals surface area contributed by atoms with E-state index in [0.29, 0.717) is 33.9 Å². The lowest BCUT2D eigenvalue weighted by molar-refractivity contribution is -0.123. The van der Waals surface area contributed by atoms with E-state index in [2.05, 4.69) is 15.6 Å². The van der Waals surface area contributed by atoms with Crippen molar-refractivity contribution in [1.82, 2.24) is 4.98 Å². The number of amides is 2. The monoisotopic (exact) mass is 443 g/mol. The van der Waals surface area contributed by atoms with E-state index in [1.165, 1.54) is 13.8 Å². The number of carbonyl (C=O) groups is 3. The molecule has 4 aromatic rings. The number of ether oxygens (including phenoxy) is 1. The predicted molar refractivity (Wildman–Crippen MR) is 124 cm³/mol. The third-order valence-corrected chi connectivity index (χ3v) is 4.80. The van der Waals surface area contributed by atoms with Crippen LogP contribution in [0.4, 0.5) is 11.4 Å². The molecule has 1 unspecified atom stereocenters. The Morgan fingerprint density at radius 2 is 1.52 bits per heavy atom. The molecule has 1 aromatic heterocycles. The summed E-state index contributed by atoms with van der Waals surface area (Å²) >= 11 is 0. The second kappa shape index (κ2) is 9.35. The van der Waals surface area contributed by atoms with Gasteiger partial charge < -0.3 is 19.8 Å². The van der Waals surface area contributed by atoms with Gasteiger partial charge in [0.2, 0.25) is 11.8 Å². The number of fused-ring (bicyclic) bond motifs is 1. The molecule has 4 rings (SSSR count). The normalized spacial score (nSPS) is 11.6. The summed E-state index contributed by atoms with van der Waals surface area (Å²) < 4.78 is 11.2. The Bertz CT molecular complexity index is 1290. The number of oxazole rings is 1. The topological polar surface area (TPSA) is 111 Å². The Morgan fingerprint density at radius 1 is 0.879 bits per heavy atom. The molecule has 8 nitrogen and oxygen atoms in total. The summed E-state index contributed by atoms with van der Waals surface area (Å²) in [7, 11) is 0. The molecule has 2 amide bonds. The minimum Gasteiger partial charge on any atom is -0.449 e. The van der Waals surface area contributed by atoms with Crippen molar-refractivity contribution in [2.75, 3.05) is 10.6 Å². The Labute approximate surface area is 189 Å². The van der Waals surface area contributed by atoms with Crippen LogP contribution < -0.4 is 10.6 Å². The number of benzene rings is 3. The number of rotatable bonds is 6. The maximum atomic E-state index is 12.9. The first-order chi connectivity index (χ1) is 15.9. The molecule has 33 heavy (non-hydrogen) atoms. The van der Waals surface area contributed by atoms with Gasteiger partial charge in [-0.3, -0.25) is 9.59 Å². The standard InChI is InChI=1S/C25H21N3O5/c1-15(23(30)27-18-13-11-17(12-14-18)26-16(2)29)32-25(31)20-8-4-3-7-19(20)24-28-21-9-5-6-10-22(21)33-24/h3-15H,1-2H3,(H,26,29)(H,27,30). The van der Waals surface area contributed by atoms with Crippen LogP contribution in [0.15, 0.2) is 77.2 Å². The summed E-state index contributed by atoms with van der Waals surface area (Å²) in [5.41, 5.74) is 3.10. The molecule has 8 heteroatoms. The summed E-state index contributed by atoms with van der Waals surface area (Å²) in [6, 6.07) is 20.7. The maximum Gasteiger partial charge on any atom is 0.339 e. The molecule has 0 saturated heterocycles. The van der Waals surface area contributed by atoms with E-state index in [1.54, 1.807) is 54.6 Å². The zero-order valence-electron chi connectivity index (χ0n) is 18.0. The van der Waals surface area contributed by atoms with Crippen LogP contribution >= 0.6 is 0 Å². The second-order valence-corrected chi connectivity index (χ2v) is 7.33. The smallest absolute Gasteiger partial charge is 0.339 e. The first-order valence-corrected chi connectivity index (χ1v) is 10.2. The highest BCUT2D eigenvalue weighted by atomic mass is 16.5. The Kier molecular flexibility index (Phi) is 6.17. The van der Waals surface area contributed by atoms with Crippen molar-refractivity contribution in [2.45, 2.75) is 20.0 Å². The highest BCUT2D eigenvalue weighted by Crippen LogP contribution is 2.27. The van der Waals surface area contributed by atoms with Crippen LogP contribution in [0.25, 0.3) is 22.6 Å². The highest BCUT2D eigenvalue weighted by Gasteiger charge is 2.23. The van der Waals surface area contributed by atoms with Crippen molar-refractivity contribution < 1.29 is 23.5 Å². The lowest BCUT2D eigenvalue weighted by Crippen LogP contribution is -2.30. The largest absolute Gasteiger partial charge is 0.449 e. The van der Waals surface area contributed by atoms with Gasteiger partial charge >= 0.3 is 5.97 Å². The van der Waals surface area contributed by atoms with Gasteiger partial charge in [-0.2, -0.15) is 0 Å². The van der Waals surface area contributed by atoms with Crippen molar-refractivity contribution in [2.24, 2.45) is 0 Å². The summed E-state index contributed by atoms with van der Waals surface area (Å²) in [5, 5.41) is 5.33. The molecule has 1 atom stereocenters. The van der Waals surface area contributed by atoms with Crippen LogP contribution in [0.5, 0.6) is 0 Å². The van der Waals surface area contributed by atoms with Crippen molar-refractivity contribution >= 4 is 40.3 Å². The Balaban J connectivity index is 1.46. The molecule has 0 spiro atoms. The van der Waals surface area contributed by atoms with Crippen molar-refractivity contribution in [3.05, 3.63) is 78.4 Å². The number of para-hydroxylation sites is 2. The zero-order valence-corrected chi connectivity index (χ0v) is 18.0. The van der Waals surface area contributed by atoms with Crippen LogP contribution in [-0.2, 0) is 14.3 Å². The van der Waals surface area contributed by atoms with Crippen molar-refractivity contribution in [1.29, 1.82) is 0 Å². The van der Waals surface area contributed by atoms with E-state index in [0.717, 1.165) is 0 Å². The third kappa shape index (κ3) is 5.07. The molecule has 0 saturated carbocycles. The number of aromatic nitrogens is 1. The van der Waals surface area contributed by atoms with Gasteiger partial charge in [-0.05, 0) is 55.5 Å². The minimum atomic E-state index is -1.05. The van der Waals surface area contributed by atoms with Crippen LogP contribution in [0.1, 0.15) is 24.2 Å². The van der Waals surface area contributed by atoms with Crippen LogP contribution in [0, 0.1) is 0 Å². The molecular formula is C25H21N3O5. The molecule has 0 bridgehead atoms. The number of anilines is 2. The number of esters is 1. The van der Waals surface area contributed by atoms with E-state index in [1.807, 2.05) is 18.2 Å². The molecule has 0 aliphatic carbocycles. The van der Waals surface area contributed by atoms with Crippen molar-refractivity contribution in [3.8, 4) is 11.5 Å². The van der Waals surface area contributed by atoms with Gasteiger partial charge in [-0.25, -0.2) is 9.78 Å². The maximum absolute atomic E-state index is 12.9. The molecule has 3 aromatic carbocycles. The van der Waals surface area contributed by atoms with E-state index >= 15 is 0 Å². The predicted octanol–water partition coefficient (Wildman–Crippen LogP) is 4.64. The van der Waals surface area contributed by atoms with Gasteiger partial charge in [0, 0.05) is 18.3 Å². The SMILES string of the molecule is CC(=O)Nc1ccc(NC(=O)C(C)OC(=O)c2ccccc2-c2nc3ccccc3o2)cc1. The molecule has 1 heterocycles. The number of nitrogens with zero attached hydrogens (tertiary/aromatic N) is 1. The highest BCUT2D eigenvalue weighted by molar-refractivity contribution is 6.00. The lowest BCUT2D eigenvalue weighted by atomic mass is 10.1. The molecular weight excluding hydrogens is 422 g/mol. The Morgan fingerprint density at radius 3 is 2.21 bits per heavy atom.